The summed E-state index contributed by atoms with van der Waals surface area (Å²) in [5.41, 5.74) is 1.86. The van der Waals surface area contributed by atoms with E-state index in [0.29, 0.717) is 16.8 Å². The Bertz CT molecular complexity index is 634. The number of halogens is 3. The molecule has 0 amide bonds. The largest absolute Gasteiger partial charge is 0.354 e. The summed E-state index contributed by atoms with van der Waals surface area (Å²) >= 11 is 13.1. The van der Waals surface area contributed by atoms with Crippen LogP contribution in [-0.2, 0) is 0 Å². The zero-order valence-corrected chi connectivity index (χ0v) is 14.9. The third-order valence-corrected chi connectivity index (χ3v) is 4.22. The fourth-order valence-electron chi connectivity index (χ4n) is 1.57. The Balaban J connectivity index is 2.34. The highest BCUT2D eigenvalue weighted by atomic mass is 79.9. The number of aromatic nitrogens is 2. The minimum Gasteiger partial charge on any atom is -0.354 e. The maximum atomic E-state index is 6.16. The molecule has 0 aliphatic carbocycles. The van der Waals surface area contributed by atoms with Gasteiger partial charge in [-0.15, -0.1) is 0 Å². The lowest BCUT2D eigenvalue weighted by Crippen LogP contribution is -2.04. The van der Waals surface area contributed by atoms with Crippen molar-refractivity contribution in [1.29, 1.82) is 0 Å². The van der Waals surface area contributed by atoms with Gasteiger partial charge in [0.05, 0.1) is 10.2 Å². The van der Waals surface area contributed by atoms with Crippen LogP contribution in [0.15, 0.2) is 27.3 Å². The molecule has 4 nitrogen and oxygen atoms in total. The van der Waals surface area contributed by atoms with Gasteiger partial charge in [0.15, 0.2) is 0 Å². The normalized spacial score (nSPS) is 10.4. The van der Waals surface area contributed by atoms with E-state index in [9.17, 15) is 0 Å². The van der Waals surface area contributed by atoms with Crippen molar-refractivity contribution >= 4 is 60.9 Å². The maximum Gasteiger partial charge on any atom is 0.224 e. The van der Waals surface area contributed by atoms with E-state index < -0.39 is 0 Å². The van der Waals surface area contributed by atoms with E-state index in [1.54, 1.807) is 6.20 Å². The van der Waals surface area contributed by atoms with Gasteiger partial charge in [0.25, 0.3) is 0 Å². The Morgan fingerprint density at radius 1 is 1.25 bits per heavy atom. The van der Waals surface area contributed by atoms with Gasteiger partial charge < -0.3 is 10.6 Å². The predicted octanol–water partition coefficient (Wildman–Crippen LogP) is 5.14. The van der Waals surface area contributed by atoms with Crippen molar-refractivity contribution in [2.45, 2.75) is 13.8 Å². The van der Waals surface area contributed by atoms with Gasteiger partial charge in [-0.25, -0.2) is 4.98 Å². The summed E-state index contributed by atoms with van der Waals surface area (Å²) in [6, 6.07) is 3.83. The van der Waals surface area contributed by atoms with E-state index in [1.807, 2.05) is 26.0 Å². The number of anilines is 3. The second-order valence-electron chi connectivity index (χ2n) is 4.13. The Morgan fingerprint density at radius 3 is 2.70 bits per heavy atom. The van der Waals surface area contributed by atoms with Crippen molar-refractivity contribution in [2.75, 3.05) is 17.2 Å². The standard InChI is InChI=1S/C13H13Br2ClN4/c1-3-17-13-18-6-9(15)12(20-13)19-11-5-10(16)7(2)4-8(11)14/h4-6H,3H2,1-2H3,(H2,17,18,19,20). The van der Waals surface area contributed by atoms with Gasteiger partial charge in [-0.05, 0) is 63.4 Å². The summed E-state index contributed by atoms with van der Waals surface area (Å²) in [4.78, 5) is 8.58. The summed E-state index contributed by atoms with van der Waals surface area (Å²) < 4.78 is 1.71. The highest BCUT2D eigenvalue weighted by Gasteiger charge is 2.09. The molecule has 2 rings (SSSR count). The molecule has 0 bridgehead atoms. The monoisotopic (exact) mass is 418 g/mol. The minimum absolute atomic E-state index is 0.576. The quantitative estimate of drug-likeness (QED) is 0.719. The van der Waals surface area contributed by atoms with Crippen molar-refractivity contribution in [3.8, 4) is 0 Å². The lowest BCUT2D eigenvalue weighted by molar-refractivity contribution is 1.08. The van der Waals surface area contributed by atoms with E-state index in [2.05, 4.69) is 52.5 Å². The Hall–Kier alpha value is -0.850. The molecular formula is C13H13Br2ClN4. The van der Waals surface area contributed by atoms with Crippen LogP contribution in [0.5, 0.6) is 0 Å². The second kappa shape index (κ2) is 6.74. The van der Waals surface area contributed by atoms with Gasteiger partial charge in [0, 0.05) is 22.2 Å². The van der Waals surface area contributed by atoms with Crippen LogP contribution in [0.3, 0.4) is 0 Å². The fraction of sp³-hybridized carbons (Fsp3) is 0.231. The molecule has 1 heterocycles. The number of hydrogen-bond donors (Lipinski definition) is 2. The fourth-order valence-corrected chi connectivity index (χ4v) is 2.58. The molecule has 0 unspecified atom stereocenters. The Kier molecular flexibility index (Phi) is 5.23. The molecule has 7 heteroatoms. The zero-order chi connectivity index (χ0) is 14.7. The molecule has 1 aromatic carbocycles. The predicted molar refractivity (Wildman–Crippen MR) is 91.1 cm³/mol. The third kappa shape index (κ3) is 3.62. The van der Waals surface area contributed by atoms with E-state index in [1.165, 1.54) is 0 Å². The summed E-state index contributed by atoms with van der Waals surface area (Å²) in [6.45, 7) is 4.72. The SMILES string of the molecule is CCNc1ncc(Br)c(Nc2cc(Cl)c(C)cc2Br)n1. The van der Waals surface area contributed by atoms with Gasteiger partial charge in [-0.2, -0.15) is 4.98 Å². The second-order valence-corrected chi connectivity index (χ2v) is 6.24. The van der Waals surface area contributed by atoms with Crippen LogP contribution in [-0.4, -0.2) is 16.5 Å². The van der Waals surface area contributed by atoms with E-state index in [0.717, 1.165) is 26.7 Å². The van der Waals surface area contributed by atoms with Crippen LogP contribution in [0.4, 0.5) is 17.5 Å². The molecular weight excluding hydrogens is 407 g/mol. The number of hydrogen-bond acceptors (Lipinski definition) is 4. The number of aryl methyl sites for hydroxylation is 1. The molecule has 20 heavy (non-hydrogen) atoms. The van der Waals surface area contributed by atoms with Gasteiger partial charge >= 0.3 is 0 Å². The van der Waals surface area contributed by atoms with Crippen molar-refractivity contribution in [2.24, 2.45) is 0 Å². The Labute approximate surface area is 139 Å². The Morgan fingerprint density at radius 2 is 2.00 bits per heavy atom. The molecule has 1 aromatic heterocycles. The molecule has 0 aliphatic rings. The average molecular weight is 421 g/mol. The molecule has 106 valence electrons. The summed E-state index contributed by atoms with van der Waals surface area (Å²) in [5.74, 6) is 1.25. The van der Waals surface area contributed by atoms with Gasteiger partial charge in [-0.1, -0.05) is 11.6 Å². The number of rotatable bonds is 4. The molecule has 0 atom stereocenters. The molecule has 0 aliphatic heterocycles. The van der Waals surface area contributed by atoms with Crippen LogP contribution >= 0.6 is 43.5 Å². The van der Waals surface area contributed by atoms with Crippen molar-refractivity contribution in [3.63, 3.8) is 0 Å². The van der Waals surface area contributed by atoms with E-state index in [-0.39, 0.29) is 0 Å². The summed E-state index contributed by atoms with van der Waals surface area (Å²) in [7, 11) is 0. The summed E-state index contributed by atoms with van der Waals surface area (Å²) in [6.07, 6.45) is 1.71. The van der Waals surface area contributed by atoms with Gasteiger partial charge in [0.1, 0.15) is 5.82 Å². The van der Waals surface area contributed by atoms with Crippen molar-refractivity contribution in [3.05, 3.63) is 37.9 Å². The molecule has 0 saturated carbocycles. The average Bonchev–Trinajstić information content (AvgIpc) is 2.40. The number of nitrogens with zero attached hydrogens (tertiary/aromatic N) is 2. The maximum absolute atomic E-state index is 6.16. The van der Waals surface area contributed by atoms with Crippen LogP contribution < -0.4 is 10.6 Å². The smallest absolute Gasteiger partial charge is 0.224 e. The minimum atomic E-state index is 0.576. The zero-order valence-electron chi connectivity index (χ0n) is 11.0. The van der Waals surface area contributed by atoms with E-state index in [4.69, 9.17) is 11.6 Å². The summed E-state index contributed by atoms with van der Waals surface area (Å²) in [5, 5.41) is 7.01. The third-order valence-electron chi connectivity index (χ3n) is 2.58. The lowest BCUT2D eigenvalue weighted by atomic mass is 10.2. The number of nitrogens with one attached hydrogen (secondary N) is 2. The van der Waals surface area contributed by atoms with Crippen LogP contribution in [0.25, 0.3) is 0 Å². The number of benzene rings is 1. The molecule has 2 N–H and O–H groups in total. The first-order valence-corrected chi connectivity index (χ1v) is 7.96. The van der Waals surface area contributed by atoms with Gasteiger partial charge in [-0.3, -0.25) is 0 Å². The first-order chi connectivity index (χ1) is 9.51. The highest BCUT2D eigenvalue weighted by Crippen LogP contribution is 2.33. The molecule has 0 radical (unpaired) electrons. The van der Waals surface area contributed by atoms with Crippen molar-refractivity contribution < 1.29 is 0 Å². The lowest BCUT2D eigenvalue weighted by Gasteiger charge is -2.12. The first kappa shape index (κ1) is 15.5. The molecule has 0 fully saturated rings. The van der Waals surface area contributed by atoms with Crippen LogP contribution in [0.1, 0.15) is 12.5 Å². The van der Waals surface area contributed by atoms with E-state index >= 15 is 0 Å². The molecule has 0 spiro atoms. The molecule has 0 saturated heterocycles. The van der Waals surface area contributed by atoms with Gasteiger partial charge in [0.2, 0.25) is 5.95 Å². The van der Waals surface area contributed by atoms with Crippen LogP contribution in [0, 0.1) is 6.92 Å². The topological polar surface area (TPSA) is 49.8 Å². The first-order valence-electron chi connectivity index (χ1n) is 6.00. The van der Waals surface area contributed by atoms with Crippen LogP contribution in [0.2, 0.25) is 5.02 Å². The highest BCUT2D eigenvalue weighted by molar-refractivity contribution is 9.11. The van der Waals surface area contributed by atoms with Crippen molar-refractivity contribution in [1.82, 2.24) is 9.97 Å². The molecule has 2 aromatic rings.